The Morgan fingerprint density at radius 1 is 1.47 bits per heavy atom. The molecule has 0 aromatic heterocycles. The molecule has 1 atom stereocenters. The smallest absolute Gasteiger partial charge is 0.230 e. The monoisotopic (exact) mass is 209 g/mol. The van der Waals surface area contributed by atoms with E-state index in [-0.39, 0.29) is 17.1 Å². The SMILES string of the molecule is CC=CCC1C(=O)CC(C)(C)CNC1=O. The van der Waals surface area contributed by atoms with Crippen LogP contribution in [0.4, 0.5) is 0 Å². The molecule has 1 amide bonds. The van der Waals surface area contributed by atoms with Gasteiger partial charge in [0, 0.05) is 13.0 Å². The molecule has 1 aliphatic heterocycles. The number of nitrogens with one attached hydrogen (secondary N) is 1. The number of hydrogen-bond donors (Lipinski definition) is 1. The molecule has 0 spiro atoms. The standard InChI is InChI=1S/C12H19NO2/c1-4-5-6-9-10(14)7-12(2,3)8-13-11(9)15/h4-5,9H,6-8H2,1-3H3,(H,13,15). The van der Waals surface area contributed by atoms with Crippen molar-refractivity contribution >= 4 is 11.7 Å². The third-order valence-corrected chi connectivity index (χ3v) is 2.71. The van der Waals surface area contributed by atoms with Gasteiger partial charge in [0.05, 0.1) is 5.92 Å². The summed E-state index contributed by atoms with van der Waals surface area (Å²) in [6, 6.07) is 0. The van der Waals surface area contributed by atoms with Gasteiger partial charge in [0.25, 0.3) is 0 Å². The summed E-state index contributed by atoms with van der Waals surface area (Å²) in [7, 11) is 0. The van der Waals surface area contributed by atoms with Crippen molar-refractivity contribution in [1.82, 2.24) is 5.32 Å². The lowest BCUT2D eigenvalue weighted by molar-refractivity contribution is -0.132. The minimum atomic E-state index is -0.483. The highest BCUT2D eigenvalue weighted by Gasteiger charge is 2.34. The topological polar surface area (TPSA) is 46.2 Å². The number of Topliss-reactive ketones (excluding diaryl/α,β-unsaturated/α-hetero) is 1. The van der Waals surface area contributed by atoms with Crippen molar-refractivity contribution in [2.24, 2.45) is 11.3 Å². The molecule has 3 heteroatoms. The molecule has 1 unspecified atom stereocenters. The number of rotatable bonds is 2. The third-order valence-electron chi connectivity index (χ3n) is 2.71. The zero-order valence-corrected chi connectivity index (χ0v) is 9.67. The van der Waals surface area contributed by atoms with E-state index in [9.17, 15) is 9.59 Å². The predicted octanol–water partition coefficient (Wildman–Crippen LogP) is 1.68. The summed E-state index contributed by atoms with van der Waals surface area (Å²) in [6.07, 6.45) is 4.75. The number of ketones is 1. The molecule has 0 saturated carbocycles. The quantitative estimate of drug-likeness (QED) is 0.555. The molecule has 84 valence electrons. The average molecular weight is 209 g/mol. The molecule has 1 heterocycles. The fourth-order valence-electron chi connectivity index (χ4n) is 1.76. The van der Waals surface area contributed by atoms with Gasteiger partial charge in [-0.3, -0.25) is 9.59 Å². The molecule has 3 nitrogen and oxygen atoms in total. The first-order valence-electron chi connectivity index (χ1n) is 5.38. The Morgan fingerprint density at radius 2 is 2.13 bits per heavy atom. The van der Waals surface area contributed by atoms with E-state index in [1.807, 2.05) is 32.9 Å². The molecule has 1 rings (SSSR count). The summed E-state index contributed by atoms with van der Waals surface area (Å²) in [6.45, 7) is 6.49. The van der Waals surface area contributed by atoms with Crippen molar-refractivity contribution in [2.45, 2.75) is 33.6 Å². The van der Waals surface area contributed by atoms with Gasteiger partial charge >= 0.3 is 0 Å². The predicted molar refractivity (Wildman–Crippen MR) is 59.3 cm³/mol. The minimum Gasteiger partial charge on any atom is -0.355 e. The molecular formula is C12H19NO2. The van der Waals surface area contributed by atoms with Crippen LogP contribution >= 0.6 is 0 Å². The zero-order chi connectivity index (χ0) is 11.5. The van der Waals surface area contributed by atoms with E-state index in [2.05, 4.69) is 5.32 Å². The van der Waals surface area contributed by atoms with Gasteiger partial charge in [-0.25, -0.2) is 0 Å². The van der Waals surface area contributed by atoms with E-state index in [4.69, 9.17) is 0 Å². The van der Waals surface area contributed by atoms with Crippen molar-refractivity contribution in [3.63, 3.8) is 0 Å². The summed E-state index contributed by atoms with van der Waals surface area (Å²) >= 11 is 0. The summed E-state index contributed by atoms with van der Waals surface area (Å²) in [5.74, 6) is -0.542. The Morgan fingerprint density at radius 3 is 2.73 bits per heavy atom. The zero-order valence-electron chi connectivity index (χ0n) is 9.67. The van der Waals surface area contributed by atoms with E-state index in [0.717, 1.165) is 0 Å². The molecule has 0 bridgehead atoms. The van der Waals surface area contributed by atoms with Crippen LogP contribution in [-0.4, -0.2) is 18.2 Å². The molecule has 1 aliphatic rings. The second-order valence-electron chi connectivity index (χ2n) is 4.88. The summed E-state index contributed by atoms with van der Waals surface area (Å²) in [5.41, 5.74) is -0.114. The molecule has 0 aromatic rings. The second kappa shape index (κ2) is 4.60. The first-order chi connectivity index (χ1) is 6.96. The van der Waals surface area contributed by atoms with Crippen molar-refractivity contribution < 1.29 is 9.59 Å². The molecule has 15 heavy (non-hydrogen) atoms. The molecule has 0 radical (unpaired) electrons. The number of carbonyl (C=O) groups excluding carboxylic acids is 2. The maximum absolute atomic E-state index is 11.9. The Balaban J connectivity index is 2.78. The maximum atomic E-state index is 11.9. The Bertz CT molecular complexity index is 292. The highest BCUT2D eigenvalue weighted by atomic mass is 16.2. The molecular weight excluding hydrogens is 190 g/mol. The van der Waals surface area contributed by atoms with Gasteiger partial charge in [-0.1, -0.05) is 26.0 Å². The summed E-state index contributed by atoms with van der Waals surface area (Å²) < 4.78 is 0. The van der Waals surface area contributed by atoms with E-state index in [0.29, 0.717) is 19.4 Å². The van der Waals surface area contributed by atoms with Crippen LogP contribution in [0.3, 0.4) is 0 Å². The van der Waals surface area contributed by atoms with Crippen molar-refractivity contribution in [2.75, 3.05) is 6.54 Å². The Labute approximate surface area is 90.9 Å². The number of amides is 1. The van der Waals surface area contributed by atoms with E-state index < -0.39 is 5.92 Å². The third kappa shape index (κ3) is 3.18. The molecule has 0 aromatic carbocycles. The highest BCUT2D eigenvalue weighted by molar-refractivity contribution is 6.02. The summed E-state index contributed by atoms with van der Waals surface area (Å²) in [4.78, 5) is 23.5. The van der Waals surface area contributed by atoms with E-state index >= 15 is 0 Å². The first-order valence-corrected chi connectivity index (χ1v) is 5.38. The fourth-order valence-corrected chi connectivity index (χ4v) is 1.76. The molecule has 1 saturated heterocycles. The van der Waals surface area contributed by atoms with Crippen LogP contribution in [-0.2, 0) is 9.59 Å². The summed E-state index contributed by atoms with van der Waals surface area (Å²) in [5, 5.41) is 2.83. The van der Waals surface area contributed by atoms with Gasteiger partial charge in [0.1, 0.15) is 5.78 Å². The normalized spacial score (nSPS) is 26.5. The van der Waals surface area contributed by atoms with Gasteiger partial charge in [-0.2, -0.15) is 0 Å². The Kier molecular flexibility index (Phi) is 3.66. The average Bonchev–Trinajstić information content (AvgIpc) is 2.22. The van der Waals surface area contributed by atoms with Crippen LogP contribution in [0.1, 0.15) is 33.6 Å². The van der Waals surface area contributed by atoms with Crippen molar-refractivity contribution in [3.05, 3.63) is 12.2 Å². The molecule has 1 fully saturated rings. The van der Waals surface area contributed by atoms with E-state index in [1.165, 1.54) is 0 Å². The van der Waals surface area contributed by atoms with Crippen LogP contribution in [0.15, 0.2) is 12.2 Å². The lowest BCUT2D eigenvalue weighted by Crippen LogP contribution is -2.33. The fraction of sp³-hybridized carbons (Fsp3) is 0.667. The van der Waals surface area contributed by atoms with Crippen LogP contribution in [0.25, 0.3) is 0 Å². The lowest BCUT2D eigenvalue weighted by Gasteiger charge is -2.20. The van der Waals surface area contributed by atoms with Gasteiger partial charge in [-0.15, -0.1) is 0 Å². The van der Waals surface area contributed by atoms with Gasteiger partial charge in [-0.05, 0) is 18.8 Å². The Hall–Kier alpha value is -1.12. The number of hydrogen-bond acceptors (Lipinski definition) is 2. The lowest BCUT2D eigenvalue weighted by atomic mass is 9.85. The van der Waals surface area contributed by atoms with Crippen LogP contribution in [0, 0.1) is 11.3 Å². The van der Waals surface area contributed by atoms with Gasteiger partial charge in [0.15, 0.2) is 0 Å². The van der Waals surface area contributed by atoms with Gasteiger partial charge < -0.3 is 5.32 Å². The van der Waals surface area contributed by atoms with Crippen molar-refractivity contribution in [1.29, 1.82) is 0 Å². The first kappa shape index (κ1) is 12.0. The van der Waals surface area contributed by atoms with Crippen LogP contribution in [0.5, 0.6) is 0 Å². The molecule has 1 N–H and O–H groups in total. The van der Waals surface area contributed by atoms with Gasteiger partial charge in [0.2, 0.25) is 5.91 Å². The minimum absolute atomic E-state index is 0.0631. The highest BCUT2D eigenvalue weighted by Crippen LogP contribution is 2.26. The molecule has 0 aliphatic carbocycles. The van der Waals surface area contributed by atoms with Crippen LogP contribution < -0.4 is 5.32 Å². The van der Waals surface area contributed by atoms with Crippen molar-refractivity contribution in [3.8, 4) is 0 Å². The number of allylic oxidation sites excluding steroid dienone is 2. The largest absolute Gasteiger partial charge is 0.355 e. The van der Waals surface area contributed by atoms with Crippen LogP contribution in [0.2, 0.25) is 0 Å². The van der Waals surface area contributed by atoms with E-state index in [1.54, 1.807) is 0 Å². The second-order valence-corrected chi connectivity index (χ2v) is 4.88. The number of carbonyl (C=O) groups is 2. The maximum Gasteiger partial charge on any atom is 0.230 e.